The van der Waals surface area contributed by atoms with Crippen molar-refractivity contribution in [1.29, 1.82) is 0 Å². The van der Waals surface area contributed by atoms with Gasteiger partial charge in [0.2, 0.25) is 0 Å². The van der Waals surface area contributed by atoms with Crippen molar-refractivity contribution in [3.8, 4) is 16.9 Å². The Morgan fingerprint density at radius 3 is 2.30 bits per heavy atom. The van der Waals surface area contributed by atoms with Gasteiger partial charge in [0.1, 0.15) is 11.4 Å². The fraction of sp³-hybridized carbons (Fsp3) is 0.444. The minimum Gasteiger partial charge on any atom is -0.460 e. The van der Waals surface area contributed by atoms with Gasteiger partial charge in [0, 0.05) is 31.2 Å². The second-order valence-corrected chi connectivity index (χ2v) is 12.8. The van der Waals surface area contributed by atoms with Crippen molar-refractivity contribution >= 4 is 12.1 Å². The number of hydrogen-bond acceptors (Lipinski definition) is 6. The third kappa shape index (κ3) is 9.15. The first-order valence-electron chi connectivity index (χ1n) is 15.4. The summed E-state index contributed by atoms with van der Waals surface area (Å²) >= 11 is 0. The summed E-state index contributed by atoms with van der Waals surface area (Å²) in [7, 11) is 0. The van der Waals surface area contributed by atoms with E-state index in [1.54, 1.807) is 0 Å². The molecule has 2 aliphatic rings. The summed E-state index contributed by atoms with van der Waals surface area (Å²) in [6.07, 6.45) is 2.67. The molecule has 7 nitrogen and oxygen atoms in total. The molecule has 5 rings (SSSR count). The number of likely N-dealkylation sites (tertiary alicyclic amines) is 1. The Hall–Kier alpha value is -3.68. The number of carbonyl (C=O) groups excluding carboxylic acids is 2. The van der Waals surface area contributed by atoms with Gasteiger partial charge in [-0.3, -0.25) is 9.69 Å². The molecular formula is C36H44N2O5. The molecule has 1 saturated carbocycles. The second kappa shape index (κ2) is 14.2. The Morgan fingerprint density at radius 1 is 0.860 bits per heavy atom. The fourth-order valence-corrected chi connectivity index (χ4v) is 6.33. The number of nitrogens with zero attached hydrogens (tertiary/aromatic N) is 1. The van der Waals surface area contributed by atoms with Crippen molar-refractivity contribution in [3.63, 3.8) is 0 Å². The zero-order valence-electron chi connectivity index (χ0n) is 25.6. The maximum atomic E-state index is 12.8. The third-order valence-electron chi connectivity index (χ3n) is 8.13. The number of benzene rings is 3. The molecule has 0 unspecified atom stereocenters. The summed E-state index contributed by atoms with van der Waals surface area (Å²) in [5.41, 5.74) is 4.02. The smallest absolute Gasteiger partial charge is 0.412 e. The van der Waals surface area contributed by atoms with Gasteiger partial charge in [0.05, 0.1) is 19.6 Å². The minimum absolute atomic E-state index is 0.146. The highest BCUT2D eigenvalue weighted by molar-refractivity contribution is 5.77. The molecule has 7 heteroatoms. The maximum absolute atomic E-state index is 12.8. The predicted octanol–water partition coefficient (Wildman–Crippen LogP) is 6.64. The fourth-order valence-electron chi connectivity index (χ4n) is 6.33. The average Bonchev–Trinajstić information content (AvgIpc) is 3.50. The van der Waals surface area contributed by atoms with Crippen molar-refractivity contribution in [1.82, 2.24) is 10.2 Å². The van der Waals surface area contributed by atoms with E-state index in [0.29, 0.717) is 30.8 Å². The number of para-hydroxylation sites is 1. The Balaban J connectivity index is 1.03. The summed E-state index contributed by atoms with van der Waals surface area (Å²) in [4.78, 5) is 27.2. The molecule has 1 saturated heterocycles. The van der Waals surface area contributed by atoms with E-state index in [4.69, 9.17) is 14.2 Å². The summed E-state index contributed by atoms with van der Waals surface area (Å²) in [6.45, 7) is 9.58. The Labute approximate surface area is 255 Å². The molecule has 1 aliphatic heterocycles. The van der Waals surface area contributed by atoms with Crippen LogP contribution < -0.4 is 10.1 Å². The van der Waals surface area contributed by atoms with E-state index in [2.05, 4.69) is 34.5 Å². The molecule has 3 aromatic rings. The van der Waals surface area contributed by atoms with Crippen molar-refractivity contribution in [2.45, 2.75) is 64.6 Å². The third-order valence-corrected chi connectivity index (χ3v) is 8.13. The van der Waals surface area contributed by atoms with Crippen LogP contribution in [0.4, 0.5) is 4.79 Å². The summed E-state index contributed by atoms with van der Waals surface area (Å²) in [5.74, 6) is 1.52. The quantitative estimate of drug-likeness (QED) is 0.201. The molecule has 1 N–H and O–H groups in total. The number of ether oxygens (including phenoxy) is 3. The van der Waals surface area contributed by atoms with Crippen LogP contribution in [0.1, 0.15) is 51.2 Å². The summed E-state index contributed by atoms with van der Waals surface area (Å²) < 4.78 is 16.8. The Kier molecular flexibility index (Phi) is 10.2. The van der Waals surface area contributed by atoms with E-state index < -0.39 is 5.60 Å². The van der Waals surface area contributed by atoms with Crippen LogP contribution in [0.5, 0.6) is 5.75 Å². The van der Waals surface area contributed by atoms with E-state index in [1.165, 1.54) is 11.1 Å². The first-order valence-corrected chi connectivity index (χ1v) is 15.4. The summed E-state index contributed by atoms with van der Waals surface area (Å²) in [5, 5.41) is 3.13. The van der Waals surface area contributed by atoms with Gasteiger partial charge in [-0.25, -0.2) is 4.79 Å². The van der Waals surface area contributed by atoms with Gasteiger partial charge < -0.3 is 19.5 Å². The second-order valence-electron chi connectivity index (χ2n) is 12.8. The van der Waals surface area contributed by atoms with Crippen molar-refractivity contribution in [2.24, 2.45) is 11.8 Å². The highest BCUT2D eigenvalue weighted by Crippen LogP contribution is 2.39. The van der Waals surface area contributed by atoms with Crippen LogP contribution in [0.2, 0.25) is 0 Å². The Morgan fingerprint density at radius 2 is 1.56 bits per heavy atom. The molecule has 3 atom stereocenters. The molecule has 43 heavy (non-hydrogen) atoms. The van der Waals surface area contributed by atoms with Gasteiger partial charge in [-0.15, -0.1) is 0 Å². The van der Waals surface area contributed by atoms with Crippen LogP contribution in [-0.4, -0.2) is 54.9 Å². The molecule has 0 aromatic heterocycles. The molecule has 0 radical (unpaired) electrons. The van der Waals surface area contributed by atoms with Gasteiger partial charge in [-0.05, 0) is 74.6 Å². The van der Waals surface area contributed by atoms with Crippen molar-refractivity contribution in [3.05, 3.63) is 90.0 Å². The van der Waals surface area contributed by atoms with Crippen LogP contribution in [0.15, 0.2) is 78.9 Å². The lowest BCUT2D eigenvalue weighted by Crippen LogP contribution is -2.36. The number of amides is 1. The summed E-state index contributed by atoms with van der Waals surface area (Å²) in [6, 6.07) is 26.5. The molecule has 2 fully saturated rings. The van der Waals surface area contributed by atoms with Gasteiger partial charge in [0.25, 0.3) is 0 Å². The van der Waals surface area contributed by atoms with Crippen LogP contribution >= 0.6 is 0 Å². The molecule has 1 aliphatic carbocycles. The molecule has 228 valence electrons. The van der Waals surface area contributed by atoms with Crippen molar-refractivity contribution in [2.75, 3.05) is 26.3 Å². The number of rotatable bonds is 11. The number of hydrogen-bond donors (Lipinski definition) is 1. The van der Waals surface area contributed by atoms with E-state index >= 15 is 0 Å². The minimum atomic E-state index is -0.464. The van der Waals surface area contributed by atoms with Gasteiger partial charge >= 0.3 is 12.1 Å². The molecule has 0 bridgehead atoms. The largest absolute Gasteiger partial charge is 0.460 e. The molecule has 0 spiro atoms. The molecule has 1 heterocycles. The lowest BCUT2D eigenvalue weighted by atomic mass is 10.0. The first kappa shape index (κ1) is 30.8. The number of nitrogens with one attached hydrogen (secondary N) is 1. The van der Waals surface area contributed by atoms with Gasteiger partial charge in [-0.1, -0.05) is 72.8 Å². The highest BCUT2D eigenvalue weighted by Gasteiger charge is 2.41. The Bertz CT molecular complexity index is 1360. The number of carbonyl (C=O) groups is 2. The monoisotopic (exact) mass is 584 g/mol. The number of esters is 1. The van der Waals surface area contributed by atoms with E-state index in [-0.39, 0.29) is 24.5 Å². The van der Waals surface area contributed by atoms with Crippen LogP contribution in [0.3, 0.4) is 0 Å². The van der Waals surface area contributed by atoms with Gasteiger partial charge in [0.15, 0.2) is 0 Å². The van der Waals surface area contributed by atoms with Crippen LogP contribution in [0, 0.1) is 11.8 Å². The average molecular weight is 585 g/mol. The van der Waals surface area contributed by atoms with E-state index in [1.807, 2.05) is 75.4 Å². The molecule has 1 amide bonds. The standard InChI is InChI=1S/C36H44N2O5/c1-36(2,3)43-34(39)17-19-41-18-16-26-10-9-11-27(20-26)23-38-24-29-21-31(22-30(29)25-38)37-35(40)42-33-15-8-7-14-32(33)28-12-5-4-6-13-28/h4-15,20,29-31H,16-19,21-25H2,1-3H3,(H,37,40)/t29-,30+,31+. The maximum Gasteiger partial charge on any atom is 0.412 e. The highest BCUT2D eigenvalue weighted by atomic mass is 16.6. The molecule has 3 aromatic carbocycles. The lowest BCUT2D eigenvalue weighted by molar-refractivity contribution is -0.156. The topological polar surface area (TPSA) is 77.1 Å². The normalized spacial score (nSPS) is 20.0. The first-order chi connectivity index (χ1) is 20.7. The lowest BCUT2D eigenvalue weighted by Gasteiger charge is -2.20. The SMILES string of the molecule is CC(C)(C)OC(=O)CCOCCc1cccc(CN2C[C@H]3C[C@H](NC(=O)Oc4ccccc4-c4ccccc4)C[C@H]3C2)c1. The molecular weight excluding hydrogens is 540 g/mol. The van der Waals surface area contributed by atoms with Crippen LogP contribution in [0.25, 0.3) is 11.1 Å². The predicted molar refractivity (Wildman–Crippen MR) is 168 cm³/mol. The van der Waals surface area contributed by atoms with E-state index in [9.17, 15) is 9.59 Å². The van der Waals surface area contributed by atoms with Gasteiger partial charge in [-0.2, -0.15) is 0 Å². The zero-order valence-corrected chi connectivity index (χ0v) is 25.6. The van der Waals surface area contributed by atoms with E-state index in [0.717, 1.165) is 50.0 Å². The van der Waals surface area contributed by atoms with Crippen LogP contribution in [-0.2, 0) is 27.2 Å². The number of fused-ring (bicyclic) bond motifs is 1. The van der Waals surface area contributed by atoms with Crippen molar-refractivity contribution < 1.29 is 23.8 Å². The zero-order chi connectivity index (χ0) is 30.2.